The lowest BCUT2D eigenvalue weighted by molar-refractivity contribution is 0.748. The Kier molecular flexibility index (Phi) is 4.04. The molecule has 3 aromatic heterocycles. The molecule has 1 N–H and O–H groups in total. The molecule has 0 aliphatic carbocycles. The highest BCUT2D eigenvalue weighted by molar-refractivity contribution is 5.49. The van der Waals surface area contributed by atoms with Crippen molar-refractivity contribution in [2.75, 3.05) is 5.32 Å². The molecule has 1 atom stereocenters. The first kappa shape index (κ1) is 14.5. The molecule has 0 aliphatic rings. The largest absolute Gasteiger partial charge is 0.367 e. The number of hydrogen-bond donors (Lipinski definition) is 1. The molecule has 0 bridgehead atoms. The second kappa shape index (κ2) is 6.13. The number of nitrogens with one attached hydrogen (secondary N) is 1. The van der Waals surface area contributed by atoms with Crippen LogP contribution in [0.15, 0.2) is 36.7 Å². The SMILES string of the molecule is CCc1cc(N[C@@H](C)Cc2ncccc2C)n2nccc2n1. The number of pyridine rings is 1. The van der Waals surface area contributed by atoms with Gasteiger partial charge in [0.25, 0.3) is 0 Å². The summed E-state index contributed by atoms with van der Waals surface area (Å²) in [6.07, 6.45) is 5.41. The average Bonchev–Trinajstić information content (AvgIpc) is 2.98. The summed E-state index contributed by atoms with van der Waals surface area (Å²) in [7, 11) is 0. The van der Waals surface area contributed by atoms with Crippen LogP contribution in [0, 0.1) is 6.92 Å². The van der Waals surface area contributed by atoms with E-state index < -0.39 is 0 Å². The maximum Gasteiger partial charge on any atom is 0.157 e. The van der Waals surface area contributed by atoms with E-state index in [2.05, 4.69) is 53.3 Å². The van der Waals surface area contributed by atoms with Crippen LogP contribution in [0.5, 0.6) is 0 Å². The molecule has 3 heterocycles. The molecule has 0 aromatic carbocycles. The zero-order valence-electron chi connectivity index (χ0n) is 13.2. The predicted molar refractivity (Wildman–Crippen MR) is 88.1 cm³/mol. The Hall–Kier alpha value is -2.43. The number of anilines is 1. The molecule has 0 aliphatic heterocycles. The summed E-state index contributed by atoms with van der Waals surface area (Å²) in [5, 5.41) is 7.89. The predicted octanol–water partition coefficient (Wildman–Crippen LogP) is 3.04. The van der Waals surface area contributed by atoms with E-state index in [1.165, 1.54) is 5.56 Å². The second-order valence-electron chi connectivity index (χ2n) is 5.60. The van der Waals surface area contributed by atoms with Crippen molar-refractivity contribution in [3.8, 4) is 0 Å². The second-order valence-corrected chi connectivity index (χ2v) is 5.60. The summed E-state index contributed by atoms with van der Waals surface area (Å²) in [4.78, 5) is 9.04. The Balaban J connectivity index is 1.83. The van der Waals surface area contributed by atoms with Gasteiger partial charge in [-0.25, -0.2) is 4.98 Å². The van der Waals surface area contributed by atoms with E-state index >= 15 is 0 Å². The summed E-state index contributed by atoms with van der Waals surface area (Å²) in [6, 6.07) is 8.33. The van der Waals surface area contributed by atoms with E-state index in [-0.39, 0.29) is 6.04 Å². The molecule has 5 nitrogen and oxygen atoms in total. The van der Waals surface area contributed by atoms with Gasteiger partial charge in [-0.05, 0) is 31.9 Å². The number of fused-ring (bicyclic) bond motifs is 1. The lowest BCUT2D eigenvalue weighted by Gasteiger charge is -2.17. The highest BCUT2D eigenvalue weighted by Crippen LogP contribution is 2.15. The highest BCUT2D eigenvalue weighted by Gasteiger charge is 2.11. The summed E-state index contributed by atoms with van der Waals surface area (Å²) < 4.78 is 1.85. The Bertz CT molecular complexity index is 778. The van der Waals surface area contributed by atoms with Crippen LogP contribution in [0.3, 0.4) is 0 Å². The smallest absolute Gasteiger partial charge is 0.157 e. The van der Waals surface area contributed by atoms with Crippen molar-refractivity contribution in [3.05, 3.63) is 53.6 Å². The van der Waals surface area contributed by atoms with Gasteiger partial charge in [-0.1, -0.05) is 13.0 Å². The van der Waals surface area contributed by atoms with Gasteiger partial charge in [0.05, 0.1) is 6.20 Å². The molecular weight excluding hydrogens is 274 g/mol. The summed E-state index contributed by atoms with van der Waals surface area (Å²) in [6.45, 7) is 6.37. The minimum Gasteiger partial charge on any atom is -0.367 e. The van der Waals surface area contributed by atoms with E-state index in [4.69, 9.17) is 0 Å². The molecular formula is C17H21N5. The van der Waals surface area contributed by atoms with E-state index in [0.29, 0.717) is 0 Å². The van der Waals surface area contributed by atoms with Crippen molar-refractivity contribution in [2.24, 2.45) is 0 Å². The van der Waals surface area contributed by atoms with Crippen molar-refractivity contribution < 1.29 is 0 Å². The van der Waals surface area contributed by atoms with E-state index in [0.717, 1.165) is 35.7 Å². The molecule has 5 heteroatoms. The van der Waals surface area contributed by atoms with Crippen LogP contribution in [-0.2, 0) is 12.8 Å². The van der Waals surface area contributed by atoms with Gasteiger partial charge < -0.3 is 5.32 Å². The first-order chi connectivity index (χ1) is 10.7. The molecule has 0 saturated heterocycles. The minimum atomic E-state index is 0.258. The Morgan fingerprint density at radius 1 is 1.27 bits per heavy atom. The molecule has 0 fully saturated rings. The molecule has 0 saturated carbocycles. The first-order valence-corrected chi connectivity index (χ1v) is 7.68. The maximum absolute atomic E-state index is 4.57. The third kappa shape index (κ3) is 2.93. The Morgan fingerprint density at radius 3 is 2.91 bits per heavy atom. The lowest BCUT2D eigenvalue weighted by Crippen LogP contribution is -2.21. The van der Waals surface area contributed by atoms with Crippen molar-refractivity contribution >= 4 is 11.5 Å². The molecule has 0 amide bonds. The summed E-state index contributed by atoms with van der Waals surface area (Å²) in [5.74, 6) is 0.980. The molecule has 0 unspecified atom stereocenters. The van der Waals surface area contributed by atoms with Gasteiger partial charge in [-0.2, -0.15) is 9.61 Å². The van der Waals surface area contributed by atoms with Gasteiger partial charge in [0, 0.05) is 42.2 Å². The Morgan fingerprint density at radius 2 is 2.14 bits per heavy atom. The third-order valence-corrected chi connectivity index (χ3v) is 3.79. The lowest BCUT2D eigenvalue weighted by atomic mass is 10.1. The van der Waals surface area contributed by atoms with Crippen molar-refractivity contribution in [2.45, 2.75) is 39.7 Å². The molecule has 3 aromatic rings. The summed E-state index contributed by atoms with van der Waals surface area (Å²) >= 11 is 0. The van der Waals surface area contributed by atoms with Gasteiger partial charge >= 0.3 is 0 Å². The topological polar surface area (TPSA) is 55.1 Å². The number of rotatable bonds is 5. The molecule has 114 valence electrons. The van der Waals surface area contributed by atoms with Crippen LogP contribution >= 0.6 is 0 Å². The third-order valence-electron chi connectivity index (χ3n) is 3.79. The normalized spacial score (nSPS) is 12.5. The van der Waals surface area contributed by atoms with Gasteiger partial charge in [0.1, 0.15) is 5.82 Å². The zero-order chi connectivity index (χ0) is 15.5. The summed E-state index contributed by atoms with van der Waals surface area (Å²) in [5.41, 5.74) is 4.30. The van der Waals surface area contributed by atoms with Crippen molar-refractivity contribution in [1.82, 2.24) is 19.6 Å². The van der Waals surface area contributed by atoms with E-state index in [9.17, 15) is 0 Å². The number of nitrogens with zero attached hydrogens (tertiary/aromatic N) is 4. The van der Waals surface area contributed by atoms with Gasteiger partial charge in [-0.3, -0.25) is 4.98 Å². The van der Waals surface area contributed by atoms with Gasteiger partial charge in [-0.15, -0.1) is 0 Å². The van der Waals surface area contributed by atoms with E-state index in [1.807, 2.05) is 22.8 Å². The monoisotopic (exact) mass is 295 g/mol. The first-order valence-electron chi connectivity index (χ1n) is 7.68. The Labute approximate surface area is 130 Å². The standard InChI is InChI=1S/C17H21N5/c1-4-14-11-17(22-16(21-14)7-9-19-22)20-13(3)10-15-12(2)6-5-8-18-15/h5-9,11,13,20H,4,10H2,1-3H3/t13-/m0/s1. The van der Waals surface area contributed by atoms with Crippen LogP contribution in [0.25, 0.3) is 5.65 Å². The number of aromatic nitrogens is 4. The van der Waals surface area contributed by atoms with Crippen LogP contribution in [0.2, 0.25) is 0 Å². The molecule has 3 rings (SSSR count). The van der Waals surface area contributed by atoms with Gasteiger partial charge in [0.15, 0.2) is 5.65 Å². The minimum absolute atomic E-state index is 0.258. The quantitative estimate of drug-likeness (QED) is 0.786. The van der Waals surface area contributed by atoms with Crippen LogP contribution < -0.4 is 5.32 Å². The average molecular weight is 295 g/mol. The van der Waals surface area contributed by atoms with Gasteiger partial charge in [0.2, 0.25) is 0 Å². The van der Waals surface area contributed by atoms with Crippen molar-refractivity contribution in [3.63, 3.8) is 0 Å². The van der Waals surface area contributed by atoms with Crippen molar-refractivity contribution in [1.29, 1.82) is 0 Å². The molecule has 0 spiro atoms. The molecule has 0 radical (unpaired) electrons. The highest BCUT2D eigenvalue weighted by atomic mass is 15.3. The maximum atomic E-state index is 4.57. The molecule has 22 heavy (non-hydrogen) atoms. The van der Waals surface area contributed by atoms with Crippen LogP contribution in [0.4, 0.5) is 5.82 Å². The fourth-order valence-corrected chi connectivity index (χ4v) is 2.57. The number of aryl methyl sites for hydroxylation is 2. The van der Waals surface area contributed by atoms with Crippen LogP contribution in [0.1, 0.15) is 30.8 Å². The fourth-order valence-electron chi connectivity index (χ4n) is 2.57. The van der Waals surface area contributed by atoms with E-state index in [1.54, 1.807) is 6.20 Å². The van der Waals surface area contributed by atoms with Crippen LogP contribution in [-0.4, -0.2) is 25.6 Å². The zero-order valence-corrected chi connectivity index (χ0v) is 13.2. The fraction of sp³-hybridized carbons (Fsp3) is 0.353. The number of hydrogen-bond acceptors (Lipinski definition) is 4.